The summed E-state index contributed by atoms with van der Waals surface area (Å²) in [4.78, 5) is 19.9. The van der Waals surface area contributed by atoms with Gasteiger partial charge in [-0.25, -0.2) is 4.98 Å². The third kappa shape index (κ3) is 3.72. The van der Waals surface area contributed by atoms with Crippen LogP contribution in [0.5, 0.6) is 0 Å². The Kier molecular flexibility index (Phi) is 5.03. The van der Waals surface area contributed by atoms with Crippen LogP contribution < -0.4 is 10.2 Å². The summed E-state index contributed by atoms with van der Waals surface area (Å²) >= 11 is 0. The number of nitrogens with zero attached hydrogens (tertiary/aromatic N) is 2. The fourth-order valence-electron chi connectivity index (χ4n) is 3.88. The first-order valence-electron chi connectivity index (χ1n) is 10.0. The lowest BCUT2D eigenvalue weighted by molar-refractivity contribution is 0.102. The molecule has 0 aliphatic carbocycles. The Morgan fingerprint density at radius 3 is 2.54 bits per heavy atom. The van der Waals surface area contributed by atoms with Crippen LogP contribution in [0.2, 0.25) is 0 Å². The molecule has 4 nitrogen and oxygen atoms in total. The van der Waals surface area contributed by atoms with Crippen molar-refractivity contribution in [3.63, 3.8) is 0 Å². The minimum atomic E-state index is -0.0814. The molecule has 0 spiro atoms. The van der Waals surface area contributed by atoms with Crippen LogP contribution in [0.4, 0.5) is 11.5 Å². The number of rotatable bonds is 3. The van der Waals surface area contributed by atoms with Crippen LogP contribution in [0.1, 0.15) is 41.3 Å². The highest BCUT2D eigenvalue weighted by Crippen LogP contribution is 2.28. The minimum Gasteiger partial charge on any atom is -0.357 e. The summed E-state index contributed by atoms with van der Waals surface area (Å²) in [5.74, 6) is 1.79. The lowest BCUT2D eigenvalue weighted by atomic mass is 9.99. The van der Waals surface area contributed by atoms with Gasteiger partial charge in [0.25, 0.3) is 5.91 Å². The number of carbonyl (C=O) groups is 1. The first-order valence-corrected chi connectivity index (χ1v) is 10.0. The van der Waals surface area contributed by atoms with E-state index in [-0.39, 0.29) is 5.91 Å². The zero-order valence-electron chi connectivity index (χ0n) is 16.8. The Morgan fingerprint density at radius 1 is 1.04 bits per heavy atom. The second kappa shape index (κ2) is 7.63. The first kappa shape index (κ1) is 18.5. The molecule has 1 N–H and O–H groups in total. The molecule has 1 aromatic heterocycles. The van der Waals surface area contributed by atoms with Crippen molar-refractivity contribution in [1.29, 1.82) is 0 Å². The normalized spacial score (nSPS) is 15.0. The lowest BCUT2D eigenvalue weighted by Crippen LogP contribution is -2.33. The van der Waals surface area contributed by atoms with E-state index >= 15 is 0 Å². The molecule has 3 aromatic rings. The highest BCUT2D eigenvalue weighted by Gasteiger charge is 2.18. The van der Waals surface area contributed by atoms with E-state index in [1.54, 1.807) is 0 Å². The van der Waals surface area contributed by atoms with Gasteiger partial charge in [-0.3, -0.25) is 4.79 Å². The van der Waals surface area contributed by atoms with Gasteiger partial charge < -0.3 is 10.2 Å². The number of nitrogens with one attached hydrogen (secondary N) is 1. The molecule has 4 rings (SSSR count). The van der Waals surface area contributed by atoms with E-state index < -0.39 is 0 Å². The van der Waals surface area contributed by atoms with Crippen LogP contribution >= 0.6 is 0 Å². The number of benzene rings is 2. The molecule has 4 heteroatoms. The fraction of sp³-hybridized carbons (Fsp3) is 0.333. The van der Waals surface area contributed by atoms with Gasteiger partial charge in [-0.05, 0) is 74.1 Å². The first-order chi connectivity index (χ1) is 13.5. The second-order valence-corrected chi connectivity index (χ2v) is 7.97. The van der Waals surface area contributed by atoms with E-state index in [2.05, 4.69) is 30.1 Å². The lowest BCUT2D eigenvalue weighted by Gasteiger charge is -2.31. The van der Waals surface area contributed by atoms with Crippen molar-refractivity contribution in [1.82, 2.24) is 4.98 Å². The van der Waals surface area contributed by atoms with E-state index in [9.17, 15) is 4.79 Å². The van der Waals surface area contributed by atoms with Gasteiger partial charge in [0, 0.05) is 29.7 Å². The summed E-state index contributed by atoms with van der Waals surface area (Å²) in [6, 6.07) is 15.8. The number of aryl methyl sites for hydroxylation is 2. The summed E-state index contributed by atoms with van der Waals surface area (Å²) in [5, 5.41) is 4.10. The largest absolute Gasteiger partial charge is 0.357 e. The van der Waals surface area contributed by atoms with Crippen LogP contribution in [0.15, 0.2) is 48.5 Å². The highest BCUT2D eigenvalue weighted by atomic mass is 16.1. The van der Waals surface area contributed by atoms with E-state index in [1.807, 2.05) is 49.4 Å². The van der Waals surface area contributed by atoms with Crippen molar-refractivity contribution in [2.45, 2.75) is 33.6 Å². The molecule has 2 aromatic carbocycles. The molecule has 1 fully saturated rings. The van der Waals surface area contributed by atoms with Crippen LogP contribution in [0.3, 0.4) is 0 Å². The summed E-state index contributed by atoms with van der Waals surface area (Å²) in [6.45, 7) is 8.54. The monoisotopic (exact) mass is 373 g/mol. The number of carbonyl (C=O) groups excluding carboxylic acids is 1. The third-order valence-corrected chi connectivity index (χ3v) is 5.76. The molecule has 0 atom stereocenters. The molecule has 1 aliphatic rings. The van der Waals surface area contributed by atoms with E-state index in [4.69, 9.17) is 4.98 Å². The number of amides is 1. The number of anilines is 2. The maximum atomic E-state index is 12.6. The molecule has 28 heavy (non-hydrogen) atoms. The number of fused-ring (bicyclic) bond motifs is 1. The van der Waals surface area contributed by atoms with Crippen molar-refractivity contribution in [2.24, 2.45) is 5.92 Å². The Bertz CT molecular complexity index is 1020. The van der Waals surface area contributed by atoms with Crippen LogP contribution in [0, 0.1) is 19.8 Å². The quantitative estimate of drug-likeness (QED) is 0.674. The predicted molar refractivity (Wildman–Crippen MR) is 116 cm³/mol. The van der Waals surface area contributed by atoms with Gasteiger partial charge in [0.05, 0.1) is 5.52 Å². The smallest absolute Gasteiger partial charge is 0.255 e. The van der Waals surface area contributed by atoms with Crippen LogP contribution in [-0.4, -0.2) is 24.0 Å². The molecule has 1 saturated heterocycles. The molecule has 0 bridgehead atoms. The average molecular weight is 374 g/mol. The molecule has 0 unspecified atom stereocenters. The van der Waals surface area contributed by atoms with Gasteiger partial charge in [0.2, 0.25) is 0 Å². The van der Waals surface area contributed by atoms with Crippen molar-refractivity contribution < 1.29 is 4.79 Å². The molecule has 1 amide bonds. The zero-order valence-corrected chi connectivity index (χ0v) is 16.8. The number of hydrogen-bond acceptors (Lipinski definition) is 3. The van der Waals surface area contributed by atoms with Gasteiger partial charge in [-0.1, -0.05) is 25.1 Å². The number of piperidine rings is 1. The van der Waals surface area contributed by atoms with Crippen LogP contribution in [0.25, 0.3) is 10.9 Å². The van der Waals surface area contributed by atoms with E-state index in [1.165, 1.54) is 18.4 Å². The number of hydrogen-bond donors (Lipinski definition) is 1. The summed E-state index contributed by atoms with van der Waals surface area (Å²) in [7, 11) is 0. The highest BCUT2D eigenvalue weighted by molar-refractivity contribution is 6.06. The van der Waals surface area contributed by atoms with Crippen molar-refractivity contribution in [3.05, 3.63) is 65.2 Å². The van der Waals surface area contributed by atoms with E-state index in [0.29, 0.717) is 5.56 Å². The molecule has 0 radical (unpaired) electrons. The average Bonchev–Trinajstić information content (AvgIpc) is 2.69. The van der Waals surface area contributed by atoms with Gasteiger partial charge in [0.15, 0.2) is 0 Å². The topological polar surface area (TPSA) is 45.2 Å². The summed E-state index contributed by atoms with van der Waals surface area (Å²) in [6.07, 6.45) is 2.45. The molecule has 144 valence electrons. The SMILES string of the molecule is Cc1ccccc1C(=O)Nc1ccc2nc(N3CCC(C)CC3)cc(C)c2c1. The Morgan fingerprint density at radius 2 is 1.79 bits per heavy atom. The molecule has 1 aliphatic heterocycles. The maximum absolute atomic E-state index is 12.6. The minimum absolute atomic E-state index is 0.0814. The standard InChI is InChI=1S/C24H27N3O/c1-16-10-12-27(13-11-16)23-14-18(3)21-15-19(8-9-22(21)26-23)25-24(28)20-7-5-4-6-17(20)2/h4-9,14-16H,10-13H2,1-3H3,(H,25,28). The van der Waals surface area contributed by atoms with Gasteiger partial charge in [-0.2, -0.15) is 0 Å². The van der Waals surface area contributed by atoms with Gasteiger partial charge in [-0.15, -0.1) is 0 Å². The van der Waals surface area contributed by atoms with Gasteiger partial charge >= 0.3 is 0 Å². The van der Waals surface area contributed by atoms with E-state index in [0.717, 1.165) is 47.0 Å². The Hall–Kier alpha value is -2.88. The molecule has 0 saturated carbocycles. The zero-order chi connectivity index (χ0) is 19.7. The maximum Gasteiger partial charge on any atom is 0.255 e. The number of pyridine rings is 1. The fourth-order valence-corrected chi connectivity index (χ4v) is 3.88. The predicted octanol–water partition coefficient (Wildman–Crippen LogP) is 5.34. The van der Waals surface area contributed by atoms with Crippen molar-refractivity contribution >= 4 is 28.3 Å². The second-order valence-electron chi connectivity index (χ2n) is 7.97. The Labute approximate surface area is 166 Å². The molecular formula is C24H27N3O. The van der Waals surface area contributed by atoms with Crippen molar-refractivity contribution in [2.75, 3.05) is 23.3 Å². The summed E-state index contributed by atoms with van der Waals surface area (Å²) < 4.78 is 0. The molecule has 2 heterocycles. The molecular weight excluding hydrogens is 346 g/mol. The third-order valence-electron chi connectivity index (χ3n) is 5.76. The van der Waals surface area contributed by atoms with Crippen molar-refractivity contribution in [3.8, 4) is 0 Å². The van der Waals surface area contributed by atoms with Crippen LogP contribution in [-0.2, 0) is 0 Å². The Balaban J connectivity index is 1.59. The number of aromatic nitrogens is 1. The van der Waals surface area contributed by atoms with Gasteiger partial charge in [0.1, 0.15) is 5.82 Å². The summed E-state index contributed by atoms with van der Waals surface area (Å²) in [5.41, 5.74) is 4.63.